The van der Waals surface area contributed by atoms with E-state index in [0.717, 1.165) is 11.3 Å². The minimum Gasteiger partial charge on any atom is -0.275 e. The van der Waals surface area contributed by atoms with Gasteiger partial charge < -0.3 is 0 Å². The molecule has 7 nitrogen and oxygen atoms in total. The quantitative estimate of drug-likeness (QED) is 0.828. The Balaban J connectivity index is 2.30. The molecule has 0 aromatic carbocycles. The van der Waals surface area contributed by atoms with Crippen molar-refractivity contribution in [2.24, 2.45) is 7.05 Å². The molecule has 0 spiro atoms. The van der Waals surface area contributed by atoms with Crippen LogP contribution in [0, 0.1) is 13.8 Å². The molecule has 0 N–H and O–H groups in total. The van der Waals surface area contributed by atoms with E-state index >= 15 is 0 Å². The first-order valence-corrected chi connectivity index (χ1v) is 8.19. The average Bonchev–Trinajstić information content (AvgIpc) is 2.92. The highest BCUT2D eigenvalue weighted by Gasteiger charge is 2.26. The van der Waals surface area contributed by atoms with Crippen LogP contribution in [0.3, 0.4) is 0 Å². The summed E-state index contributed by atoms with van der Waals surface area (Å²) in [6.45, 7) is 6.51. The Morgan fingerprint density at radius 1 is 1.33 bits per heavy atom. The second-order valence-electron chi connectivity index (χ2n) is 5.08. The first-order valence-electron chi connectivity index (χ1n) is 6.75. The van der Waals surface area contributed by atoms with Crippen molar-refractivity contribution in [1.82, 2.24) is 23.9 Å². The lowest BCUT2D eigenvalue weighted by atomic mass is 10.3. The molecule has 2 aromatic rings. The fourth-order valence-corrected chi connectivity index (χ4v) is 3.60. The van der Waals surface area contributed by atoms with Crippen molar-refractivity contribution < 1.29 is 8.42 Å². The molecule has 0 aliphatic heterocycles. The van der Waals surface area contributed by atoms with Crippen molar-refractivity contribution in [1.29, 1.82) is 0 Å². The number of hydrogen-bond acceptors (Lipinski definition) is 4. The van der Waals surface area contributed by atoms with Gasteiger partial charge in [-0.3, -0.25) is 9.36 Å². The molecule has 0 radical (unpaired) electrons. The molecule has 0 fully saturated rings. The standard InChI is InChI=1S/C13H21N5O2S/c1-6-18-11(3)13(7-14-18)21(19,20)17(5)9-12-8-16(4)15-10(12)2/h7-8H,6,9H2,1-5H3. The maximum Gasteiger partial charge on any atom is 0.246 e. The van der Waals surface area contributed by atoms with Gasteiger partial charge >= 0.3 is 0 Å². The molecule has 2 rings (SSSR count). The number of rotatable bonds is 5. The van der Waals surface area contributed by atoms with Gasteiger partial charge in [0.2, 0.25) is 10.0 Å². The third kappa shape index (κ3) is 2.86. The van der Waals surface area contributed by atoms with E-state index < -0.39 is 10.0 Å². The van der Waals surface area contributed by atoms with Gasteiger partial charge in [0, 0.05) is 38.9 Å². The predicted molar refractivity (Wildman–Crippen MR) is 79.2 cm³/mol. The second kappa shape index (κ2) is 5.61. The van der Waals surface area contributed by atoms with Crippen molar-refractivity contribution in [3.8, 4) is 0 Å². The number of nitrogens with zero attached hydrogens (tertiary/aromatic N) is 5. The second-order valence-corrected chi connectivity index (χ2v) is 7.10. The smallest absolute Gasteiger partial charge is 0.246 e. The summed E-state index contributed by atoms with van der Waals surface area (Å²) in [5, 5.41) is 8.34. The Kier molecular flexibility index (Phi) is 4.20. The molecular formula is C13H21N5O2S. The summed E-state index contributed by atoms with van der Waals surface area (Å²) in [7, 11) is -0.158. The van der Waals surface area contributed by atoms with Gasteiger partial charge in [-0.15, -0.1) is 0 Å². The van der Waals surface area contributed by atoms with Crippen LogP contribution in [0.2, 0.25) is 0 Å². The van der Waals surface area contributed by atoms with Crippen molar-refractivity contribution in [2.75, 3.05) is 7.05 Å². The number of aromatic nitrogens is 4. The molecule has 21 heavy (non-hydrogen) atoms. The van der Waals surface area contributed by atoms with Crippen molar-refractivity contribution in [2.45, 2.75) is 38.8 Å². The maximum absolute atomic E-state index is 12.7. The molecule has 2 heterocycles. The van der Waals surface area contributed by atoms with E-state index in [1.54, 1.807) is 23.3 Å². The third-order valence-electron chi connectivity index (χ3n) is 3.55. The van der Waals surface area contributed by atoms with Gasteiger partial charge in [-0.1, -0.05) is 0 Å². The van der Waals surface area contributed by atoms with Crippen LogP contribution in [0.25, 0.3) is 0 Å². The summed E-state index contributed by atoms with van der Waals surface area (Å²) in [4.78, 5) is 0.258. The Labute approximate surface area is 125 Å². The van der Waals surface area contributed by atoms with Crippen molar-refractivity contribution >= 4 is 10.0 Å². The summed E-state index contributed by atoms with van der Waals surface area (Å²) in [5.74, 6) is 0. The predicted octanol–water partition coefficient (Wildman–Crippen LogP) is 1.07. The topological polar surface area (TPSA) is 73.0 Å². The van der Waals surface area contributed by atoms with E-state index in [2.05, 4.69) is 10.2 Å². The summed E-state index contributed by atoms with van der Waals surface area (Å²) < 4.78 is 30.0. The lowest BCUT2D eigenvalue weighted by molar-refractivity contribution is 0.465. The van der Waals surface area contributed by atoms with E-state index in [-0.39, 0.29) is 4.90 Å². The highest BCUT2D eigenvalue weighted by Crippen LogP contribution is 2.20. The maximum atomic E-state index is 12.7. The van der Waals surface area contributed by atoms with Crippen molar-refractivity contribution in [3.05, 3.63) is 29.3 Å². The zero-order chi connectivity index (χ0) is 15.8. The summed E-state index contributed by atoms with van der Waals surface area (Å²) in [5.41, 5.74) is 2.39. The van der Waals surface area contributed by atoms with Gasteiger partial charge in [-0.2, -0.15) is 14.5 Å². The summed E-state index contributed by atoms with van der Waals surface area (Å²) >= 11 is 0. The number of aryl methyl sites for hydroxylation is 3. The summed E-state index contributed by atoms with van der Waals surface area (Å²) in [6, 6.07) is 0. The molecule has 0 unspecified atom stereocenters. The molecule has 0 saturated carbocycles. The van der Waals surface area contributed by atoms with Gasteiger partial charge in [-0.05, 0) is 20.8 Å². The Bertz CT molecular complexity index is 745. The SMILES string of the molecule is CCn1ncc(S(=O)(=O)N(C)Cc2cn(C)nc2C)c1C. The molecule has 8 heteroatoms. The molecule has 0 amide bonds. The summed E-state index contributed by atoms with van der Waals surface area (Å²) in [6.07, 6.45) is 3.25. The van der Waals surface area contributed by atoms with Crippen LogP contribution in [0.5, 0.6) is 0 Å². The Morgan fingerprint density at radius 3 is 2.48 bits per heavy atom. The Hall–Kier alpha value is -1.67. The minimum absolute atomic E-state index is 0.258. The van der Waals surface area contributed by atoms with Gasteiger partial charge in [0.25, 0.3) is 0 Å². The molecular weight excluding hydrogens is 290 g/mol. The van der Waals surface area contributed by atoms with Crippen LogP contribution in [0.1, 0.15) is 23.9 Å². The van der Waals surface area contributed by atoms with Gasteiger partial charge in [-0.25, -0.2) is 8.42 Å². The molecule has 2 aromatic heterocycles. The zero-order valence-corrected chi connectivity index (χ0v) is 13.8. The highest BCUT2D eigenvalue weighted by molar-refractivity contribution is 7.89. The fraction of sp³-hybridized carbons (Fsp3) is 0.538. The molecule has 0 aliphatic rings. The van der Waals surface area contributed by atoms with E-state index in [0.29, 0.717) is 18.8 Å². The Morgan fingerprint density at radius 2 is 2.00 bits per heavy atom. The van der Waals surface area contributed by atoms with Crippen LogP contribution < -0.4 is 0 Å². The normalized spacial score (nSPS) is 12.3. The highest BCUT2D eigenvalue weighted by atomic mass is 32.2. The molecule has 0 aliphatic carbocycles. The third-order valence-corrected chi connectivity index (χ3v) is 5.46. The number of sulfonamides is 1. The van der Waals surface area contributed by atoms with Crippen LogP contribution in [-0.2, 0) is 30.2 Å². The lowest BCUT2D eigenvalue weighted by Crippen LogP contribution is -2.27. The van der Waals surface area contributed by atoms with E-state index in [9.17, 15) is 8.42 Å². The zero-order valence-electron chi connectivity index (χ0n) is 13.0. The fourth-order valence-electron chi connectivity index (χ4n) is 2.30. The van der Waals surface area contributed by atoms with Crippen LogP contribution in [0.15, 0.2) is 17.3 Å². The first-order chi connectivity index (χ1) is 9.77. The monoisotopic (exact) mass is 311 g/mol. The average molecular weight is 311 g/mol. The van der Waals surface area contributed by atoms with Gasteiger partial charge in [0.05, 0.1) is 17.6 Å². The lowest BCUT2D eigenvalue weighted by Gasteiger charge is -2.16. The number of hydrogen-bond donors (Lipinski definition) is 0. The molecule has 116 valence electrons. The van der Waals surface area contributed by atoms with Crippen LogP contribution in [-0.4, -0.2) is 39.3 Å². The van der Waals surface area contributed by atoms with E-state index in [1.165, 1.54) is 10.5 Å². The first kappa shape index (κ1) is 15.7. The van der Waals surface area contributed by atoms with E-state index in [4.69, 9.17) is 0 Å². The van der Waals surface area contributed by atoms with Crippen molar-refractivity contribution in [3.63, 3.8) is 0 Å². The minimum atomic E-state index is -3.55. The largest absolute Gasteiger partial charge is 0.275 e. The van der Waals surface area contributed by atoms with Gasteiger partial charge in [0.1, 0.15) is 4.90 Å². The molecule has 0 atom stereocenters. The van der Waals surface area contributed by atoms with E-state index in [1.807, 2.05) is 27.1 Å². The molecule has 0 saturated heterocycles. The van der Waals surface area contributed by atoms with Crippen LogP contribution >= 0.6 is 0 Å². The molecule has 0 bridgehead atoms. The van der Waals surface area contributed by atoms with Gasteiger partial charge in [0.15, 0.2) is 0 Å². The van der Waals surface area contributed by atoms with Crippen LogP contribution in [0.4, 0.5) is 0 Å².